The Labute approximate surface area is 178 Å². The first-order valence-electron chi connectivity index (χ1n) is 9.67. The first-order chi connectivity index (χ1) is 13.3. The fourth-order valence-corrected chi connectivity index (χ4v) is 3.66. The van der Waals surface area contributed by atoms with Crippen LogP contribution in [0.2, 0.25) is 0 Å². The molecule has 0 aromatic heterocycles. The predicted octanol–water partition coefficient (Wildman–Crippen LogP) is 2.23. The molecule has 0 N–H and O–H groups in total. The van der Waals surface area contributed by atoms with Crippen LogP contribution < -0.4 is 0 Å². The molecule has 3 amide bonds. The molecule has 1 aliphatic heterocycles. The van der Waals surface area contributed by atoms with E-state index in [-0.39, 0.29) is 13.1 Å². The second kappa shape index (κ2) is 9.09. The first kappa shape index (κ1) is 26.2. The van der Waals surface area contributed by atoms with Gasteiger partial charge in [-0.25, -0.2) is 14.5 Å². The summed E-state index contributed by atoms with van der Waals surface area (Å²) in [5, 5.41) is 0. The number of likely N-dealkylation sites (N-methyl/N-ethyl adjacent to an activating group) is 1. The predicted molar refractivity (Wildman–Crippen MR) is 109 cm³/mol. The molecule has 0 aromatic rings. The molecule has 1 rings (SSSR count). The smallest absolute Gasteiger partial charge is 0.417 e. The summed E-state index contributed by atoms with van der Waals surface area (Å²) in [6.07, 6.45) is -1.82. The summed E-state index contributed by atoms with van der Waals surface area (Å²) in [5.74, 6) is -1.98. The molecule has 0 aliphatic carbocycles. The van der Waals surface area contributed by atoms with Gasteiger partial charge in [0, 0.05) is 13.6 Å². The van der Waals surface area contributed by atoms with Gasteiger partial charge in [-0.3, -0.25) is 8.98 Å². The van der Waals surface area contributed by atoms with Gasteiger partial charge in [-0.1, -0.05) is 6.92 Å². The van der Waals surface area contributed by atoms with Crippen LogP contribution in [0.4, 0.5) is 9.59 Å². The highest BCUT2D eigenvalue weighted by atomic mass is 32.2. The lowest BCUT2D eigenvalue weighted by atomic mass is 9.91. The molecule has 0 radical (unpaired) electrons. The Morgan fingerprint density at radius 3 is 2.07 bits per heavy atom. The van der Waals surface area contributed by atoms with Gasteiger partial charge in [0.1, 0.15) is 17.3 Å². The van der Waals surface area contributed by atoms with E-state index in [0.29, 0.717) is 0 Å². The minimum Gasteiger partial charge on any atom is -0.444 e. The summed E-state index contributed by atoms with van der Waals surface area (Å²) < 4.78 is 39.3. The van der Waals surface area contributed by atoms with Gasteiger partial charge in [0.05, 0.1) is 18.7 Å². The molecule has 1 heterocycles. The van der Waals surface area contributed by atoms with Crippen LogP contribution in [0.25, 0.3) is 0 Å². The van der Waals surface area contributed by atoms with Crippen molar-refractivity contribution in [1.29, 1.82) is 0 Å². The summed E-state index contributed by atoms with van der Waals surface area (Å²) in [5.41, 5.74) is -1.54. The lowest BCUT2D eigenvalue weighted by Gasteiger charge is -2.30. The quantitative estimate of drug-likeness (QED) is 0.585. The maximum Gasteiger partial charge on any atom is 0.417 e. The van der Waals surface area contributed by atoms with Gasteiger partial charge in [-0.05, 0) is 47.5 Å². The van der Waals surface area contributed by atoms with Gasteiger partial charge in [-0.2, -0.15) is 8.42 Å². The molecule has 3 unspecified atom stereocenters. The second-order valence-electron chi connectivity index (χ2n) is 9.63. The SMILES string of the molecule is CC1CN(C(=O)OC(C)(C)C)C(=O)C1C(CN(C)C(=O)OC(C)(C)C)OS(C)(=O)=O. The van der Waals surface area contributed by atoms with Crippen LogP contribution in [0.5, 0.6) is 0 Å². The third-order valence-electron chi connectivity index (χ3n) is 4.11. The molecule has 0 aromatic carbocycles. The van der Waals surface area contributed by atoms with Gasteiger partial charge in [0.15, 0.2) is 0 Å². The van der Waals surface area contributed by atoms with Crippen molar-refractivity contribution in [3.8, 4) is 0 Å². The van der Waals surface area contributed by atoms with Crippen molar-refractivity contribution < 1.29 is 36.5 Å². The maximum absolute atomic E-state index is 13.0. The molecule has 174 valence electrons. The van der Waals surface area contributed by atoms with E-state index < -0.39 is 57.4 Å². The Balaban J connectivity index is 3.09. The van der Waals surface area contributed by atoms with Crippen LogP contribution in [0.1, 0.15) is 48.5 Å². The molecule has 1 saturated heterocycles. The van der Waals surface area contributed by atoms with E-state index in [1.807, 2.05) is 0 Å². The topological polar surface area (TPSA) is 120 Å². The minimum atomic E-state index is -3.95. The van der Waals surface area contributed by atoms with Crippen molar-refractivity contribution in [2.45, 2.75) is 65.8 Å². The van der Waals surface area contributed by atoms with E-state index in [9.17, 15) is 22.8 Å². The number of imide groups is 1. The summed E-state index contributed by atoms with van der Waals surface area (Å²) >= 11 is 0. The van der Waals surface area contributed by atoms with Crippen LogP contribution in [0, 0.1) is 11.8 Å². The van der Waals surface area contributed by atoms with Crippen molar-refractivity contribution in [2.24, 2.45) is 11.8 Å². The lowest BCUT2D eigenvalue weighted by molar-refractivity contribution is -0.133. The number of likely N-dealkylation sites (tertiary alicyclic amines) is 1. The van der Waals surface area contributed by atoms with E-state index in [0.717, 1.165) is 16.1 Å². The van der Waals surface area contributed by atoms with Crippen molar-refractivity contribution >= 4 is 28.2 Å². The summed E-state index contributed by atoms with van der Waals surface area (Å²) in [4.78, 5) is 39.8. The fourth-order valence-electron chi connectivity index (χ4n) is 3.03. The molecule has 0 spiro atoms. The van der Waals surface area contributed by atoms with Crippen LogP contribution in [-0.4, -0.2) is 80.0 Å². The standard InChI is InChI=1S/C19H34N2O8S/c1-12-10-21(17(24)28-19(5,6)7)15(22)14(12)13(29-30(9,25)26)11-20(8)16(23)27-18(2,3)4/h12-14H,10-11H2,1-9H3. The van der Waals surface area contributed by atoms with Gasteiger partial charge in [0.2, 0.25) is 5.91 Å². The van der Waals surface area contributed by atoms with E-state index in [1.54, 1.807) is 48.5 Å². The minimum absolute atomic E-state index is 0.0538. The fraction of sp³-hybridized carbons (Fsp3) is 0.842. The summed E-state index contributed by atoms with van der Waals surface area (Å²) in [7, 11) is -2.53. The Morgan fingerprint density at radius 1 is 1.13 bits per heavy atom. The van der Waals surface area contributed by atoms with E-state index in [1.165, 1.54) is 7.05 Å². The molecule has 30 heavy (non-hydrogen) atoms. The summed E-state index contributed by atoms with van der Waals surface area (Å²) in [6, 6.07) is 0. The van der Waals surface area contributed by atoms with Crippen molar-refractivity contribution in [3.63, 3.8) is 0 Å². The van der Waals surface area contributed by atoms with Crippen LogP contribution in [0.15, 0.2) is 0 Å². The Bertz CT molecular complexity index is 766. The van der Waals surface area contributed by atoms with E-state index in [4.69, 9.17) is 13.7 Å². The largest absolute Gasteiger partial charge is 0.444 e. The van der Waals surface area contributed by atoms with Gasteiger partial charge in [0.25, 0.3) is 10.1 Å². The molecule has 0 bridgehead atoms. The van der Waals surface area contributed by atoms with Crippen LogP contribution >= 0.6 is 0 Å². The molecule has 10 nitrogen and oxygen atoms in total. The highest BCUT2D eigenvalue weighted by molar-refractivity contribution is 7.86. The van der Waals surface area contributed by atoms with Gasteiger partial charge in [-0.15, -0.1) is 0 Å². The number of hydrogen-bond acceptors (Lipinski definition) is 8. The van der Waals surface area contributed by atoms with E-state index in [2.05, 4.69) is 0 Å². The number of carbonyl (C=O) groups is 3. The number of nitrogens with zero attached hydrogens (tertiary/aromatic N) is 2. The third kappa shape index (κ3) is 8.10. The zero-order valence-corrected chi connectivity index (χ0v) is 20.0. The molecule has 0 saturated carbocycles. The van der Waals surface area contributed by atoms with Gasteiger partial charge >= 0.3 is 12.2 Å². The number of amides is 3. The molecule has 1 fully saturated rings. The average Bonchev–Trinajstić information content (AvgIpc) is 2.76. The zero-order valence-electron chi connectivity index (χ0n) is 19.2. The molecule has 3 atom stereocenters. The molecule has 11 heteroatoms. The number of carbonyl (C=O) groups excluding carboxylic acids is 3. The highest BCUT2D eigenvalue weighted by Crippen LogP contribution is 2.31. The molecular formula is C19H34N2O8S. The number of ether oxygens (including phenoxy) is 2. The molecular weight excluding hydrogens is 416 g/mol. The van der Waals surface area contributed by atoms with E-state index >= 15 is 0 Å². The maximum atomic E-state index is 13.0. The lowest BCUT2D eigenvalue weighted by Crippen LogP contribution is -2.46. The normalized spacial score (nSPS) is 21.4. The number of hydrogen-bond donors (Lipinski definition) is 0. The van der Waals surface area contributed by atoms with Crippen LogP contribution in [0.3, 0.4) is 0 Å². The monoisotopic (exact) mass is 450 g/mol. The van der Waals surface area contributed by atoms with Crippen molar-refractivity contribution in [1.82, 2.24) is 9.80 Å². The zero-order chi connectivity index (χ0) is 23.7. The first-order valence-corrected chi connectivity index (χ1v) is 11.5. The Hall–Kier alpha value is -1.88. The highest BCUT2D eigenvalue weighted by Gasteiger charge is 2.48. The average molecular weight is 451 g/mol. The van der Waals surface area contributed by atoms with Crippen LogP contribution in [-0.2, 0) is 28.6 Å². The van der Waals surface area contributed by atoms with Crippen molar-refractivity contribution in [3.05, 3.63) is 0 Å². The second-order valence-corrected chi connectivity index (χ2v) is 11.2. The Kier molecular flexibility index (Phi) is 7.92. The third-order valence-corrected chi connectivity index (χ3v) is 4.70. The Morgan fingerprint density at radius 2 is 1.63 bits per heavy atom. The molecule has 1 aliphatic rings. The summed E-state index contributed by atoms with van der Waals surface area (Å²) in [6.45, 7) is 11.7. The number of rotatable bonds is 5. The van der Waals surface area contributed by atoms with Gasteiger partial charge < -0.3 is 14.4 Å². The van der Waals surface area contributed by atoms with Crippen molar-refractivity contribution in [2.75, 3.05) is 26.4 Å².